The lowest BCUT2D eigenvalue weighted by Crippen LogP contribution is -2.58. The van der Waals surface area contributed by atoms with Gasteiger partial charge in [0, 0.05) is 37.7 Å². The second kappa shape index (κ2) is 23.0. The number of aliphatic hydroxyl groups is 1. The number of anilines is 2. The van der Waals surface area contributed by atoms with Crippen molar-refractivity contribution in [2.75, 3.05) is 43.3 Å². The largest absolute Gasteiger partial charge is 0.494 e. The van der Waals surface area contributed by atoms with Gasteiger partial charge in [-0.3, -0.25) is 29.1 Å². The van der Waals surface area contributed by atoms with Crippen molar-refractivity contribution in [3.63, 3.8) is 0 Å². The summed E-state index contributed by atoms with van der Waals surface area (Å²) in [6.07, 6.45) is -4.24. The maximum Gasteiger partial charge on any atom is 0.417 e. The number of pyridine rings is 1. The minimum Gasteiger partial charge on any atom is -0.494 e. The molecule has 0 unspecified atom stereocenters. The Kier molecular flexibility index (Phi) is 17.1. The summed E-state index contributed by atoms with van der Waals surface area (Å²) in [4.78, 5) is 67.0. The minimum atomic E-state index is -4.98. The lowest BCUT2D eigenvalue weighted by molar-refractivity contribution is -0.144. The molecule has 7 rings (SSSR count). The highest BCUT2D eigenvalue weighted by Gasteiger charge is 2.52. The van der Waals surface area contributed by atoms with Crippen LogP contribution >= 0.6 is 23.6 Å². The van der Waals surface area contributed by atoms with Gasteiger partial charge in [-0.15, -0.1) is 11.3 Å². The lowest BCUT2D eigenvalue weighted by atomic mass is 9.85. The van der Waals surface area contributed by atoms with Gasteiger partial charge in [0.05, 0.1) is 64.6 Å². The Morgan fingerprint density at radius 1 is 1.03 bits per heavy atom. The number of thiazole rings is 1. The molecule has 23 heteroatoms. The van der Waals surface area contributed by atoms with Gasteiger partial charge in [0.1, 0.15) is 41.7 Å². The van der Waals surface area contributed by atoms with Crippen molar-refractivity contribution < 1.29 is 60.4 Å². The van der Waals surface area contributed by atoms with E-state index in [9.17, 15) is 42.7 Å². The molecule has 4 amide bonds. The molecule has 5 aromatic rings. The predicted octanol–water partition coefficient (Wildman–Crippen LogP) is 8.26. The SMILES string of the molecule is COc1c(C#N)ccc(N2C(=O)C(C)(C)N(c3cnc(-c4ccc(OCCCCOCC(=O)N[C@H](C(=O)N5C[C@H](O)C[C@H]5C(=O)NCc5ccc(-c6scnc6C)cc5)C(C)(C)C)cc4C(F)(F)F)c(F)c3)C2=S)c1F. The van der Waals surface area contributed by atoms with Gasteiger partial charge < -0.3 is 39.8 Å². The van der Waals surface area contributed by atoms with Crippen molar-refractivity contribution in [2.45, 2.75) is 97.3 Å². The molecule has 76 heavy (non-hydrogen) atoms. The Hall–Kier alpha value is -7.13. The molecule has 0 aliphatic carbocycles. The fraction of sp³-hybridized carbons (Fsp3) is 0.396. The molecular formula is C53H55F5N8O8S2. The predicted molar refractivity (Wildman–Crippen MR) is 276 cm³/mol. The number of hydrogen-bond acceptors (Lipinski definition) is 13. The van der Waals surface area contributed by atoms with Gasteiger partial charge >= 0.3 is 6.18 Å². The molecule has 2 fully saturated rings. The number of aromatic nitrogens is 2. The van der Waals surface area contributed by atoms with Crippen LogP contribution in [0.3, 0.4) is 0 Å². The number of unbranched alkanes of at least 4 members (excludes halogenated alkanes) is 1. The van der Waals surface area contributed by atoms with E-state index in [1.807, 2.05) is 31.2 Å². The number of carbonyl (C=O) groups is 4. The number of hydrogen-bond donors (Lipinski definition) is 3. The number of halogens is 5. The number of rotatable bonds is 18. The number of likely N-dealkylation sites (tertiary alicyclic amines) is 1. The van der Waals surface area contributed by atoms with Crippen LogP contribution < -0.4 is 29.9 Å². The molecule has 0 radical (unpaired) electrons. The standard InChI is InChI=1S/C53H55F5N8O8S2/c1-29-45(76-28-62-29)31-12-10-30(11-13-31)24-61-47(69)40-21-34(67)26-64(40)48(70)46(51(2,3)4)63-41(68)27-73-18-8-9-19-74-35-15-16-36(37(22-35)53(56,57)58)43-38(54)20-33(25-60-43)66-50(75)65(49(71)52(66,5)6)39-17-14-32(23-59)44(72-7)42(39)55/h10-17,20,22,25,28,34,40,46,67H,8-9,18-19,21,24,26-27H2,1-7H3,(H,61,69)(H,63,68)/t34-,40+,46-/m1/s1. The number of methoxy groups -OCH3 is 1. The van der Waals surface area contributed by atoms with Crippen molar-refractivity contribution in [2.24, 2.45) is 5.41 Å². The summed E-state index contributed by atoms with van der Waals surface area (Å²) in [6, 6.07) is 13.7. The highest BCUT2D eigenvalue weighted by atomic mass is 32.1. The van der Waals surface area contributed by atoms with Crippen LogP contribution in [0.15, 0.2) is 72.4 Å². The average Bonchev–Trinajstić information content (AvgIpc) is 4.08. The summed E-state index contributed by atoms with van der Waals surface area (Å²) in [7, 11) is 1.14. The Labute approximate surface area is 444 Å². The number of nitriles is 1. The highest BCUT2D eigenvalue weighted by Crippen LogP contribution is 2.43. The fourth-order valence-electron chi connectivity index (χ4n) is 8.89. The summed E-state index contributed by atoms with van der Waals surface area (Å²) in [6.45, 7) is 9.73. The maximum atomic E-state index is 16.0. The first-order valence-electron chi connectivity index (χ1n) is 23.9. The quantitative estimate of drug-likeness (QED) is 0.0431. The zero-order valence-corrected chi connectivity index (χ0v) is 44.1. The number of thiocarbonyl (C=S) groups is 1. The van der Waals surface area contributed by atoms with Gasteiger partial charge in [0.25, 0.3) is 5.91 Å². The first-order chi connectivity index (χ1) is 35.9. The third-order valence-corrected chi connectivity index (χ3v) is 14.2. The van der Waals surface area contributed by atoms with E-state index in [1.54, 1.807) is 32.4 Å². The highest BCUT2D eigenvalue weighted by molar-refractivity contribution is 7.81. The lowest BCUT2D eigenvalue weighted by Gasteiger charge is -2.35. The molecule has 2 aliphatic heterocycles. The molecule has 0 bridgehead atoms. The Bertz CT molecular complexity index is 3070. The fourth-order valence-corrected chi connectivity index (χ4v) is 10.2. The molecular weight excluding hydrogens is 1040 g/mol. The second-order valence-electron chi connectivity index (χ2n) is 19.7. The van der Waals surface area contributed by atoms with Gasteiger partial charge in [-0.2, -0.15) is 18.4 Å². The molecule has 2 aliphatic rings. The van der Waals surface area contributed by atoms with Gasteiger partial charge in [-0.05, 0) is 92.7 Å². The normalized spacial score (nSPS) is 16.9. The third-order valence-electron chi connectivity index (χ3n) is 12.8. The molecule has 16 nitrogen and oxygen atoms in total. The number of alkyl halides is 3. The van der Waals surface area contributed by atoms with Crippen molar-refractivity contribution in [1.29, 1.82) is 5.26 Å². The van der Waals surface area contributed by atoms with Crippen molar-refractivity contribution in [1.82, 2.24) is 25.5 Å². The first-order valence-corrected chi connectivity index (χ1v) is 25.2. The molecule has 0 saturated carbocycles. The Morgan fingerprint density at radius 2 is 1.74 bits per heavy atom. The van der Waals surface area contributed by atoms with Crippen LogP contribution in [-0.2, 0) is 36.6 Å². The van der Waals surface area contributed by atoms with Crippen LogP contribution in [0.25, 0.3) is 21.7 Å². The molecule has 0 spiro atoms. The Balaban J connectivity index is 0.904. The van der Waals surface area contributed by atoms with Crippen LogP contribution in [0, 0.1) is 35.3 Å². The topological polar surface area (TPSA) is 200 Å². The summed E-state index contributed by atoms with van der Waals surface area (Å²) in [5.74, 6) is -5.14. The van der Waals surface area contributed by atoms with E-state index < -0.39 is 99.8 Å². The summed E-state index contributed by atoms with van der Waals surface area (Å²) in [5.41, 5.74) is -0.903. The number of aliphatic hydroxyl groups excluding tert-OH is 1. The van der Waals surface area contributed by atoms with Gasteiger partial charge in [0.15, 0.2) is 22.5 Å². The third kappa shape index (κ3) is 12.1. The number of carbonyl (C=O) groups excluding carboxylic acids is 4. The molecule has 3 N–H and O–H groups in total. The van der Waals surface area contributed by atoms with E-state index in [4.69, 9.17) is 26.4 Å². The van der Waals surface area contributed by atoms with Crippen molar-refractivity contribution in [3.8, 4) is 39.3 Å². The molecule has 4 heterocycles. The van der Waals surface area contributed by atoms with Crippen molar-refractivity contribution >= 4 is 63.7 Å². The van der Waals surface area contributed by atoms with Gasteiger partial charge in [-0.25, -0.2) is 13.8 Å². The molecule has 402 valence electrons. The van der Waals surface area contributed by atoms with Crippen molar-refractivity contribution in [3.05, 3.63) is 106 Å². The van der Waals surface area contributed by atoms with E-state index in [0.717, 1.165) is 58.1 Å². The number of amides is 4. The minimum absolute atomic E-state index is 0.0207. The first kappa shape index (κ1) is 56.6. The summed E-state index contributed by atoms with van der Waals surface area (Å²) < 4.78 is 91.3. The van der Waals surface area contributed by atoms with E-state index in [-0.39, 0.29) is 60.5 Å². The monoisotopic (exact) mass is 1090 g/mol. The number of aryl methyl sites for hydroxylation is 1. The van der Waals surface area contributed by atoms with Gasteiger partial charge in [-0.1, -0.05) is 45.0 Å². The zero-order chi connectivity index (χ0) is 55.4. The molecule has 2 saturated heterocycles. The van der Waals surface area contributed by atoms with E-state index >= 15 is 8.78 Å². The van der Waals surface area contributed by atoms with Crippen LogP contribution in [0.2, 0.25) is 0 Å². The maximum absolute atomic E-state index is 16.0. The summed E-state index contributed by atoms with van der Waals surface area (Å²) in [5, 5.41) is 25.2. The molecule has 3 aromatic carbocycles. The Morgan fingerprint density at radius 3 is 2.37 bits per heavy atom. The molecule has 2 aromatic heterocycles. The number of nitrogens with one attached hydrogen (secondary N) is 2. The second-order valence-corrected chi connectivity index (χ2v) is 20.9. The zero-order valence-electron chi connectivity index (χ0n) is 42.5. The van der Waals surface area contributed by atoms with E-state index in [0.29, 0.717) is 12.8 Å². The van der Waals surface area contributed by atoms with Crippen LogP contribution in [-0.4, -0.2) is 106 Å². The molecule has 3 atom stereocenters. The van der Waals surface area contributed by atoms with Crippen LogP contribution in [0.1, 0.15) is 76.3 Å². The number of β-amino-alcohol motifs (C(OH)–C–C–N with tert-alkyl or cyclic N) is 1. The number of ether oxygens (including phenoxy) is 3. The van der Waals surface area contributed by atoms with E-state index in [2.05, 4.69) is 20.6 Å². The average molecular weight is 1090 g/mol. The van der Waals surface area contributed by atoms with Gasteiger partial charge in [0.2, 0.25) is 17.7 Å². The number of benzene rings is 3. The van der Waals surface area contributed by atoms with E-state index in [1.165, 1.54) is 53.2 Å². The smallest absolute Gasteiger partial charge is 0.417 e. The number of nitrogens with zero attached hydrogens (tertiary/aromatic N) is 6. The van der Waals surface area contributed by atoms with Crippen LogP contribution in [0.4, 0.5) is 33.3 Å². The van der Waals surface area contributed by atoms with Crippen LogP contribution in [0.5, 0.6) is 11.5 Å². The summed E-state index contributed by atoms with van der Waals surface area (Å²) >= 11 is 7.09.